The summed E-state index contributed by atoms with van der Waals surface area (Å²) in [6.45, 7) is 3.87. The molecule has 2 heterocycles. The van der Waals surface area contributed by atoms with Crippen molar-refractivity contribution < 1.29 is 13.2 Å². The van der Waals surface area contributed by atoms with Crippen LogP contribution in [-0.4, -0.2) is 24.9 Å². The molecule has 2 N–H and O–H groups in total. The van der Waals surface area contributed by atoms with Crippen LogP contribution in [0, 0.1) is 0 Å². The number of methoxy groups -OCH3 is 1. The number of imidazole rings is 1. The highest BCUT2D eigenvalue weighted by atomic mass is 32.2. The predicted molar refractivity (Wildman–Crippen MR) is 67.2 cm³/mol. The van der Waals surface area contributed by atoms with E-state index < -0.39 is 10.0 Å². The van der Waals surface area contributed by atoms with Gasteiger partial charge >= 0.3 is 0 Å². The second kappa shape index (κ2) is 4.25. The highest BCUT2D eigenvalue weighted by Gasteiger charge is 2.21. The predicted octanol–water partition coefficient (Wildman–Crippen LogP) is 1.11. The number of primary sulfonamides is 1. The molecule has 0 bridgehead atoms. The van der Waals surface area contributed by atoms with Crippen molar-refractivity contribution >= 4 is 15.5 Å². The minimum Gasteiger partial charge on any atom is -0.497 e. The van der Waals surface area contributed by atoms with Gasteiger partial charge in [-0.1, -0.05) is 13.8 Å². The maximum absolute atomic E-state index is 11.5. The fourth-order valence-corrected chi connectivity index (χ4v) is 2.47. The van der Waals surface area contributed by atoms with E-state index in [-0.39, 0.29) is 10.9 Å². The molecule has 0 spiro atoms. The zero-order chi connectivity index (χ0) is 13.5. The van der Waals surface area contributed by atoms with Gasteiger partial charge < -0.3 is 9.14 Å². The van der Waals surface area contributed by atoms with Crippen LogP contribution in [-0.2, 0) is 10.0 Å². The lowest BCUT2D eigenvalue weighted by molar-refractivity contribution is 0.414. The highest BCUT2D eigenvalue weighted by molar-refractivity contribution is 7.89. The number of hydrogen-bond acceptors (Lipinski definition) is 4. The number of nitrogens with zero attached hydrogens (tertiary/aromatic N) is 2. The summed E-state index contributed by atoms with van der Waals surface area (Å²) in [6.07, 6.45) is 1.73. The summed E-state index contributed by atoms with van der Waals surface area (Å²) in [7, 11) is -2.34. The van der Waals surface area contributed by atoms with Gasteiger partial charge in [-0.25, -0.2) is 18.5 Å². The Bertz CT molecular complexity index is 689. The van der Waals surface area contributed by atoms with Crippen molar-refractivity contribution in [1.29, 1.82) is 0 Å². The minimum absolute atomic E-state index is 0.0846. The molecule has 2 aromatic heterocycles. The van der Waals surface area contributed by atoms with Crippen molar-refractivity contribution in [2.24, 2.45) is 5.14 Å². The number of aromatic nitrogens is 2. The molecule has 0 unspecified atom stereocenters. The van der Waals surface area contributed by atoms with E-state index in [2.05, 4.69) is 4.98 Å². The first kappa shape index (κ1) is 12.8. The average Bonchev–Trinajstić information content (AvgIpc) is 2.66. The Balaban J connectivity index is 2.85. The van der Waals surface area contributed by atoms with Gasteiger partial charge in [0, 0.05) is 18.2 Å². The van der Waals surface area contributed by atoms with Crippen LogP contribution >= 0.6 is 0 Å². The number of ether oxygens (including phenoxy) is 1. The van der Waals surface area contributed by atoms with Crippen molar-refractivity contribution in [2.75, 3.05) is 7.11 Å². The molecule has 0 aromatic carbocycles. The summed E-state index contributed by atoms with van der Waals surface area (Å²) in [4.78, 5) is 4.13. The molecule has 0 aliphatic heterocycles. The van der Waals surface area contributed by atoms with Gasteiger partial charge in [-0.05, 0) is 6.07 Å². The monoisotopic (exact) mass is 269 g/mol. The van der Waals surface area contributed by atoms with Gasteiger partial charge in [0.1, 0.15) is 11.6 Å². The number of pyridine rings is 1. The van der Waals surface area contributed by atoms with Crippen molar-refractivity contribution in [1.82, 2.24) is 9.38 Å². The standard InChI is InChI=1S/C11H15N3O3S/c1-7(2)10-13-11(18(12,15)16)9-6-8(17-3)4-5-14(9)10/h4-7H,1-3H3,(H2,12,15,16). The van der Waals surface area contributed by atoms with E-state index in [0.717, 1.165) is 0 Å². The first-order valence-electron chi connectivity index (χ1n) is 5.43. The van der Waals surface area contributed by atoms with Gasteiger partial charge in [-0.15, -0.1) is 0 Å². The number of nitrogens with two attached hydrogens (primary N) is 1. The van der Waals surface area contributed by atoms with E-state index in [0.29, 0.717) is 17.1 Å². The third-order valence-corrected chi connectivity index (χ3v) is 3.47. The van der Waals surface area contributed by atoms with Crippen molar-refractivity contribution in [3.05, 3.63) is 24.2 Å². The van der Waals surface area contributed by atoms with E-state index in [4.69, 9.17) is 9.88 Å². The van der Waals surface area contributed by atoms with Gasteiger partial charge in [-0.3, -0.25) is 0 Å². The number of rotatable bonds is 3. The highest BCUT2D eigenvalue weighted by Crippen LogP contribution is 2.25. The third kappa shape index (κ3) is 2.06. The molecule has 0 radical (unpaired) electrons. The van der Waals surface area contributed by atoms with Crippen LogP contribution in [0.15, 0.2) is 23.4 Å². The van der Waals surface area contributed by atoms with Crippen molar-refractivity contribution in [3.63, 3.8) is 0 Å². The molecule has 6 nitrogen and oxygen atoms in total. The molecular formula is C11H15N3O3S. The molecule has 2 aromatic rings. The van der Waals surface area contributed by atoms with Crippen LogP contribution in [0.4, 0.5) is 0 Å². The van der Waals surface area contributed by atoms with Crippen LogP contribution in [0.5, 0.6) is 5.75 Å². The lowest BCUT2D eigenvalue weighted by Crippen LogP contribution is -2.13. The Labute approximate surface area is 105 Å². The van der Waals surface area contributed by atoms with E-state index >= 15 is 0 Å². The molecule has 0 atom stereocenters. The fraction of sp³-hybridized carbons (Fsp3) is 0.364. The summed E-state index contributed by atoms with van der Waals surface area (Å²) in [6, 6.07) is 3.35. The fourth-order valence-electron chi connectivity index (χ4n) is 1.80. The van der Waals surface area contributed by atoms with Gasteiger partial charge in [0.25, 0.3) is 10.0 Å². The van der Waals surface area contributed by atoms with Crippen molar-refractivity contribution in [2.45, 2.75) is 24.8 Å². The summed E-state index contributed by atoms with van der Waals surface area (Å²) in [5.41, 5.74) is 0.431. The van der Waals surface area contributed by atoms with Crippen LogP contribution in [0.25, 0.3) is 5.52 Å². The summed E-state index contributed by atoms with van der Waals surface area (Å²) < 4.78 is 29.9. The SMILES string of the molecule is COc1ccn2c(C(C)C)nc(S(N)(=O)=O)c2c1. The maximum atomic E-state index is 11.5. The molecule has 0 amide bonds. The summed E-state index contributed by atoms with van der Waals surface area (Å²) in [5.74, 6) is 1.29. The average molecular weight is 269 g/mol. The lowest BCUT2D eigenvalue weighted by atomic mass is 10.2. The molecule has 0 fully saturated rings. The quantitative estimate of drug-likeness (QED) is 0.904. The Morgan fingerprint density at radius 2 is 2.11 bits per heavy atom. The van der Waals surface area contributed by atoms with Crippen LogP contribution in [0.1, 0.15) is 25.6 Å². The van der Waals surface area contributed by atoms with E-state index in [1.54, 1.807) is 22.7 Å². The number of fused-ring (bicyclic) bond motifs is 1. The summed E-state index contributed by atoms with van der Waals surface area (Å²) in [5, 5.41) is 5.06. The van der Waals surface area contributed by atoms with Gasteiger partial charge in [0.05, 0.1) is 12.6 Å². The second-order valence-electron chi connectivity index (χ2n) is 4.30. The lowest BCUT2D eigenvalue weighted by Gasteiger charge is -2.05. The summed E-state index contributed by atoms with van der Waals surface area (Å²) >= 11 is 0. The Kier molecular flexibility index (Phi) is 3.04. The molecule has 98 valence electrons. The van der Waals surface area contributed by atoms with E-state index in [1.807, 2.05) is 13.8 Å². The zero-order valence-corrected chi connectivity index (χ0v) is 11.2. The third-order valence-electron chi connectivity index (χ3n) is 2.63. The Morgan fingerprint density at radius 1 is 1.44 bits per heavy atom. The largest absolute Gasteiger partial charge is 0.497 e. The van der Waals surface area contributed by atoms with Gasteiger partial charge in [0.15, 0.2) is 5.03 Å². The van der Waals surface area contributed by atoms with Crippen LogP contribution in [0.2, 0.25) is 0 Å². The topological polar surface area (TPSA) is 86.7 Å². The Hall–Kier alpha value is -1.60. The zero-order valence-electron chi connectivity index (χ0n) is 10.4. The van der Waals surface area contributed by atoms with E-state index in [1.165, 1.54) is 7.11 Å². The number of sulfonamides is 1. The smallest absolute Gasteiger partial charge is 0.257 e. The first-order valence-corrected chi connectivity index (χ1v) is 6.98. The number of hydrogen-bond donors (Lipinski definition) is 1. The second-order valence-corrected chi connectivity index (χ2v) is 5.77. The molecule has 0 aliphatic rings. The van der Waals surface area contributed by atoms with Crippen LogP contribution < -0.4 is 9.88 Å². The van der Waals surface area contributed by atoms with Gasteiger partial charge in [-0.2, -0.15) is 0 Å². The molecule has 0 aliphatic carbocycles. The van der Waals surface area contributed by atoms with Gasteiger partial charge in [0.2, 0.25) is 0 Å². The molecule has 2 rings (SSSR count). The molecule has 0 saturated carbocycles. The molecule has 0 saturated heterocycles. The maximum Gasteiger partial charge on any atom is 0.257 e. The van der Waals surface area contributed by atoms with Crippen LogP contribution in [0.3, 0.4) is 0 Å². The Morgan fingerprint density at radius 3 is 2.61 bits per heavy atom. The molecule has 7 heteroatoms. The first-order chi connectivity index (χ1) is 8.34. The normalized spacial score (nSPS) is 12.3. The molecular weight excluding hydrogens is 254 g/mol. The minimum atomic E-state index is -3.85. The van der Waals surface area contributed by atoms with E-state index in [9.17, 15) is 8.42 Å². The van der Waals surface area contributed by atoms with Crippen molar-refractivity contribution in [3.8, 4) is 5.75 Å². The molecule has 18 heavy (non-hydrogen) atoms.